The van der Waals surface area contributed by atoms with Gasteiger partial charge in [0, 0.05) is 17.4 Å². The van der Waals surface area contributed by atoms with Gasteiger partial charge >= 0.3 is 0 Å². The molecule has 1 fully saturated rings. The summed E-state index contributed by atoms with van der Waals surface area (Å²) in [6.07, 6.45) is 6.42. The summed E-state index contributed by atoms with van der Waals surface area (Å²) >= 11 is 0. The standard InChI is InChI=1S/C11H16N2/c1-9-2-3-10(13-8-9)4-5-11(12)6-7-11/h2-3,8H,4-7,12H2,1H3. The van der Waals surface area contributed by atoms with Gasteiger partial charge in [0.2, 0.25) is 0 Å². The number of aromatic nitrogens is 1. The van der Waals surface area contributed by atoms with Crippen LogP contribution in [0.15, 0.2) is 18.3 Å². The molecule has 2 rings (SSSR count). The van der Waals surface area contributed by atoms with Crippen molar-refractivity contribution in [2.24, 2.45) is 5.73 Å². The molecule has 2 N–H and O–H groups in total. The van der Waals surface area contributed by atoms with Crippen molar-refractivity contribution >= 4 is 0 Å². The van der Waals surface area contributed by atoms with E-state index in [9.17, 15) is 0 Å². The van der Waals surface area contributed by atoms with Crippen LogP contribution in [0.2, 0.25) is 0 Å². The van der Waals surface area contributed by atoms with Gasteiger partial charge in [-0.1, -0.05) is 6.07 Å². The topological polar surface area (TPSA) is 38.9 Å². The fourth-order valence-electron chi connectivity index (χ4n) is 1.43. The maximum Gasteiger partial charge on any atom is 0.0404 e. The van der Waals surface area contributed by atoms with Crippen LogP contribution in [0.5, 0.6) is 0 Å². The van der Waals surface area contributed by atoms with Crippen LogP contribution in [0.25, 0.3) is 0 Å². The summed E-state index contributed by atoms with van der Waals surface area (Å²) in [5.74, 6) is 0. The minimum Gasteiger partial charge on any atom is -0.325 e. The van der Waals surface area contributed by atoms with E-state index in [0.717, 1.165) is 12.8 Å². The Labute approximate surface area is 79.2 Å². The molecule has 0 spiro atoms. The minimum absolute atomic E-state index is 0.159. The highest BCUT2D eigenvalue weighted by Crippen LogP contribution is 2.36. The summed E-state index contributed by atoms with van der Waals surface area (Å²) in [6, 6.07) is 4.21. The van der Waals surface area contributed by atoms with E-state index in [1.807, 2.05) is 6.20 Å². The Hall–Kier alpha value is -0.890. The number of nitrogens with two attached hydrogens (primary N) is 1. The van der Waals surface area contributed by atoms with E-state index >= 15 is 0 Å². The minimum atomic E-state index is 0.159. The largest absolute Gasteiger partial charge is 0.325 e. The predicted octanol–water partition coefficient (Wildman–Crippen LogP) is 1.81. The summed E-state index contributed by atoms with van der Waals surface area (Å²) in [4.78, 5) is 4.35. The first-order valence-electron chi connectivity index (χ1n) is 4.88. The molecule has 1 aliphatic carbocycles. The van der Waals surface area contributed by atoms with E-state index in [1.54, 1.807) is 0 Å². The Morgan fingerprint density at radius 2 is 2.23 bits per heavy atom. The SMILES string of the molecule is Cc1ccc(CCC2(N)CC2)nc1. The molecule has 0 radical (unpaired) electrons. The van der Waals surface area contributed by atoms with Crippen molar-refractivity contribution < 1.29 is 0 Å². The quantitative estimate of drug-likeness (QED) is 0.763. The third-order valence-corrected chi connectivity index (χ3v) is 2.74. The normalized spacial score (nSPS) is 18.6. The molecular weight excluding hydrogens is 160 g/mol. The summed E-state index contributed by atoms with van der Waals surface area (Å²) in [7, 11) is 0. The second kappa shape index (κ2) is 3.11. The highest BCUT2D eigenvalue weighted by Gasteiger charge is 2.37. The maximum atomic E-state index is 6.00. The first-order valence-corrected chi connectivity index (χ1v) is 4.88. The monoisotopic (exact) mass is 176 g/mol. The summed E-state index contributed by atoms with van der Waals surface area (Å²) in [5.41, 5.74) is 8.54. The summed E-state index contributed by atoms with van der Waals surface area (Å²) in [5, 5.41) is 0. The van der Waals surface area contributed by atoms with Gasteiger partial charge in [-0.3, -0.25) is 4.98 Å². The molecule has 0 aromatic carbocycles. The smallest absolute Gasteiger partial charge is 0.0404 e. The van der Waals surface area contributed by atoms with Gasteiger partial charge in [-0.2, -0.15) is 0 Å². The van der Waals surface area contributed by atoms with E-state index in [0.29, 0.717) is 0 Å². The third kappa shape index (κ3) is 2.28. The van der Waals surface area contributed by atoms with Crippen molar-refractivity contribution in [2.75, 3.05) is 0 Å². The van der Waals surface area contributed by atoms with Gasteiger partial charge in [-0.25, -0.2) is 0 Å². The van der Waals surface area contributed by atoms with Crippen LogP contribution >= 0.6 is 0 Å². The Morgan fingerprint density at radius 3 is 2.77 bits per heavy atom. The Balaban J connectivity index is 1.91. The molecule has 13 heavy (non-hydrogen) atoms. The molecule has 0 bridgehead atoms. The van der Waals surface area contributed by atoms with Crippen LogP contribution in [0, 0.1) is 6.92 Å². The lowest BCUT2D eigenvalue weighted by Crippen LogP contribution is -2.22. The summed E-state index contributed by atoms with van der Waals surface area (Å²) in [6.45, 7) is 2.06. The zero-order valence-electron chi connectivity index (χ0n) is 8.09. The molecular formula is C11H16N2. The third-order valence-electron chi connectivity index (χ3n) is 2.74. The molecule has 1 heterocycles. The molecule has 0 atom stereocenters. The highest BCUT2D eigenvalue weighted by molar-refractivity contribution is 5.13. The highest BCUT2D eigenvalue weighted by atomic mass is 14.8. The molecule has 2 nitrogen and oxygen atoms in total. The molecule has 1 aliphatic rings. The molecule has 1 saturated carbocycles. The molecule has 70 valence electrons. The number of hydrogen-bond donors (Lipinski definition) is 1. The predicted molar refractivity (Wildman–Crippen MR) is 53.4 cm³/mol. The Kier molecular flexibility index (Phi) is 2.08. The van der Waals surface area contributed by atoms with Gasteiger partial charge in [0.25, 0.3) is 0 Å². The van der Waals surface area contributed by atoms with Crippen molar-refractivity contribution in [1.29, 1.82) is 0 Å². The van der Waals surface area contributed by atoms with Crippen molar-refractivity contribution in [3.63, 3.8) is 0 Å². The maximum absolute atomic E-state index is 6.00. The first-order chi connectivity index (χ1) is 6.18. The van der Waals surface area contributed by atoms with Gasteiger partial charge in [0.05, 0.1) is 0 Å². The molecule has 0 aliphatic heterocycles. The first kappa shape index (κ1) is 8.70. The van der Waals surface area contributed by atoms with E-state index in [4.69, 9.17) is 5.73 Å². The van der Waals surface area contributed by atoms with Crippen LogP contribution < -0.4 is 5.73 Å². The zero-order chi connectivity index (χ0) is 9.31. The van der Waals surface area contributed by atoms with E-state index in [2.05, 4.69) is 24.0 Å². The number of nitrogens with zero attached hydrogens (tertiary/aromatic N) is 1. The van der Waals surface area contributed by atoms with E-state index < -0.39 is 0 Å². The van der Waals surface area contributed by atoms with Crippen LogP contribution in [0.1, 0.15) is 30.5 Å². The van der Waals surface area contributed by atoms with Crippen molar-refractivity contribution in [2.45, 2.75) is 38.1 Å². The molecule has 0 saturated heterocycles. The lowest BCUT2D eigenvalue weighted by atomic mass is 10.1. The fourth-order valence-corrected chi connectivity index (χ4v) is 1.43. The molecule has 2 heteroatoms. The Bertz CT molecular complexity index is 285. The molecule has 1 aromatic rings. The number of rotatable bonds is 3. The lowest BCUT2D eigenvalue weighted by Gasteiger charge is -2.07. The average Bonchev–Trinajstić information content (AvgIpc) is 2.84. The second-order valence-corrected chi connectivity index (χ2v) is 4.19. The summed E-state index contributed by atoms with van der Waals surface area (Å²) < 4.78 is 0. The van der Waals surface area contributed by atoms with E-state index in [-0.39, 0.29) is 5.54 Å². The Morgan fingerprint density at radius 1 is 1.46 bits per heavy atom. The molecule has 0 amide bonds. The number of hydrogen-bond acceptors (Lipinski definition) is 2. The van der Waals surface area contributed by atoms with E-state index in [1.165, 1.54) is 24.1 Å². The van der Waals surface area contributed by atoms with Crippen molar-refractivity contribution in [3.05, 3.63) is 29.6 Å². The number of pyridine rings is 1. The zero-order valence-corrected chi connectivity index (χ0v) is 8.09. The molecule has 0 unspecified atom stereocenters. The number of aryl methyl sites for hydroxylation is 2. The fraction of sp³-hybridized carbons (Fsp3) is 0.545. The van der Waals surface area contributed by atoms with Gasteiger partial charge in [0.15, 0.2) is 0 Å². The molecule has 1 aromatic heterocycles. The van der Waals surface area contributed by atoms with Crippen LogP contribution in [0.4, 0.5) is 0 Å². The van der Waals surface area contributed by atoms with Gasteiger partial charge in [-0.15, -0.1) is 0 Å². The van der Waals surface area contributed by atoms with Crippen LogP contribution in [-0.4, -0.2) is 10.5 Å². The van der Waals surface area contributed by atoms with Crippen LogP contribution in [0.3, 0.4) is 0 Å². The van der Waals surface area contributed by atoms with Crippen molar-refractivity contribution in [1.82, 2.24) is 4.98 Å². The van der Waals surface area contributed by atoms with Crippen molar-refractivity contribution in [3.8, 4) is 0 Å². The average molecular weight is 176 g/mol. The second-order valence-electron chi connectivity index (χ2n) is 4.19. The van der Waals surface area contributed by atoms with Gasteiger partial charge in [-0.05, 0) is 44.2 Å². The van der Waals surface area contributed by atoms with Gasteiger partial charge < -0.3 is 5.73 Å². The van der Waals surface area contributed by atoms with Gasteiger partial charge in [0.1, 0.15) is 0 Å². The van der Waals surface area contributed by atoms with Crippen LogP contribution in [-0.2, 0) is 6.42 Å². The lowest BCUT2D eigenvalue weighted by molar-refractivity contribution is 0.603.